The second-order valence-corrected chi connectivity index (χ2v) is 5.73. The van der Waals surface area contributed by atoms with Crippen molar-refractivity contribution in [2.45, 2.75) is 26.2 Å². The Labute approximate surface area is 86.7 Å². The van der Waals surface area contributed by atoms with E-state index in [9.17, 15) is 4.79 Å². The van der Waals surface area contributed by atoms with Gasteiger partial charge in [0, 0.05) is 6.42 Å². The number of thiophene rings is 1. The zero-order valence-corrected chi connectivity index (χ0v) is 9.04. The van der Waals surface area contributed by atoms with Gasteiger partial charge in [-0.05, 0) is 30.4 Å². The van der Waals surface area contributed by atoms with E-state index in [0.717, 1.165) is 4.88 Å². The summed E-state index contributed by atoms with van der Waals surface area (Å²) in [4.78, 5) is 12.5. The zero-order chi connectivity index (χ0) is 9.47. The zero-order valence-electron chi connectivity index (χ0n) is 7.47. The Bertz CT molecular complexity index is 338. The predicted octanol–water partition coefficient (Wildman–Crippen LogP) is 3.77. The molecule has 0 unspecified atom stereocenters. The molecule has 3 heteroatoms. The van der Waals surface area contributed by atoms with Crippen LogP contribution in [0.3, 0.4) is 0 Å². The van der Waals surface area contributed by atoms with Crippen LogP contribution in [0, 0.1) is 5.41 Å². The molecular formula is C10H11ClOS. The van der Waals surface area contributed by atoms with Crippen molar-refractivity contribution in [3.05, 3.63) is 21.3 Å². The third-order valence-electron chi connectivity index (χ3n) is 2.54. The number of carbonyl (C=O) groups excluding carboxylic acids is 1. The molecule has 0 aliphatic heterocycles. The fraction of sp³-hybridized carbons (Fsp3) is 0.500. The van der Waals surface area contributed by atoms with E-state index in [0.29, 0.717) is 16.2 Å². The van der Waals surface area contributed by atoms with Gasteiger partial charge >= 0.3 is 0 Å². The smallest absolute Gasteiger partial charge is 0.173 e. The average Bonchev–Trinajstić information content (AvgIpc) is 2.62. The molecule has 1 aliphatic carbocycles. The molecule has 1 aromatic rings. The van der Waals surface area contributed by atoms with Crippen LogP contribution in [-0.2, 0) is 0 Å². The lowest BCUT2D eigenvalue weighted by atomic mass is 10.0. The first-order valence-electron chi connectivity index (χ1n) is 4.38. The lowest BCUT2D eigenvalue weighted by Gasteiger charge is -2.04. The molecule has 13 heavy (non-hydrogen) atoms. The fourth-order valence-corrected chi connectivity index (χ4v) is 2.31. The van der Waals surface area contributed by atoms with E-state index < -0.39 is 0 Å². The summed E-state index contributed by atoms with van der Waals surface area (Å²) >= 11 is 7.14. The van der Waals surface area contributed by atoms with Crippen molar-refractivity contribution in [1.29, 1.82) is 0 Å². The van der Waals surface area contributed by atoms with Gasteiger partial charge in [0.2, 0.25) is 0 Å². The van der Waals surface area contributed by atoms with Crippen LogP contribution in [0.25, 0.3) is 0 Å². The fourth-order valence-electron chi connectivity index (χ4n) is 1.33. The van der Waals surface area contributed by atoms with E-state index in [1.54, 1.807) is 6.07 Å². The van der Waals surface area contributed by atoms with Crippen LogP contribution in [0.4, 0.5) is 0 Å². The van der Waals surface area contributed by atoms with Gasteiger partial charge in [-0.25, -0.2) is 0 Å². The number of halogens is 1. The minimum Gasteiger partial charge on any atom is -0.293 e. The number of hydrogen-bond acceptors (Lipinski definition) is 2. The summed E-state index contributed by atoms with van der Waals surface area (Å²) in [6, 6.07) is 3.61. The Balaban J connectivity index is 2.05. The van der Waals surface area contributed by atoms with Crippen molar-refractivity contribution in [1.82, 2.24) is 0 Å². The van der Waals surface area contributed by atoms with Crippen LogP contribution in [0.1, 0.15) is 35.9 Å². The van der Waals surface area contributed by atoms with Crippen molar-refractivity contribution >= 4 is 28.7 Å². The first kappa shape index (κ1) is 9.22. The maximum Gasteiger partial charge on any atom is 0.173 e. The molecule has 1 aliphatic rings. The van der Waals surface area contributed by atoms with Gasteiger partial charge in [0.05, 0.1) is 9.21 Å². The standard InChI is InChI=1S/C10H11ClOS/c1-10(4-5-10)6-7(12)8-2-3-9(11)13-8/h2-3H,4-6H2,1H3. The van der Waals surface area contributed by atoms with Crippen LogP contribution >= 0.6 is 22.9 Å². The Morgan fingerprint density at radius 1 is 1.62 bits per heavy atom. The lowest BCUT2D eigenvalue weighted by molar-refractivity contribution is 0.0963. The first-order chi connectivity index (χ1) is 6.09. The molecule has 1 saturated carbocycles. The van der Waals surface area contributed by atoms with Crippen LogP contribution in [0.15, 0.2) is 12.1 Å². The minimum absolute atomic E-state index is 0.247. The van der Waals surface area contributed by atoms with E-state index in [4.69, 9.17) is 11.6 Å². The average molecular weight is 215 g/mol. The monoisotopic (exact) mass is 214 g/mol. The lowest BCUT2D eigenvalue weighted by Crippen LogP contribution is -2.04. The van der Waals surface area contributed by atoms with Crippen LogP contribution in [-0.4, -0.2) is 5.78 Å². The normalized spacial score (nSPS) is 18.6. The Kier molecular flexibility index (Phi) is 2.20. The van der Waals surface area contributed by atoms with Crippen LogP contribution < -0.4 is 0 Å². The molecule has 1 nitrogen and oxygen atoms in total. The highest BCUT2D eigenvalue weighted by Gasteiger charge is 2.39. The molecule has 0 aromatic carbocycles. The predicted molar refractivity (Wildman–Crippen MR) is 55.6 cm³/mol. The maximum atomic E-state index is 11.7. The molecule has 0 atom stereocenters. The summed E-state index contributed by atoms with van der Waals surface area (Å²) in [7, 11) is 0. The molecule has 1 fully saturated rings. The van der Waals surface area contributed by atoms with E-state index in [1.165, 1.54) is 24.2 Å². The van der Waals surface area contributed by atoms with E-state index in [1.807, 2.05) is 6.07 Å². The number of ketones is 1. The molecule has 2 rings (SSSR count). The maximum absolute atomic E-state index is 11.7. The molecule has 1 aromatic heterocycles. The molecule has 0 N–H and O–H groups in total. The van der Waals surface area contributed by atoms with Crippen molar-refractivity contribution in [3.63, 3.8) is 0 Å². The van der Waals surface area contributed by atoms with Crippen molar-refractivity contribution < 1.29 is 4.79 Å². The number of rotatable bonds is 3. The highest BCUT2D eigenvalue weighted by atomic mass is 35.5. The SMILES string of the molecule is CC1(CC(=O)c2ccc(Cl)s2)CC1. The van der Waals surface area contributed by atoms with Gasteiger partial charge in [-0.3, -0.25) is 4.79 Å². The largest absolute Gasteiger partial charge is 0.293 e. The third-order valence-corrected chi connectivity index (χ3v) is 3.81. The van der Waals surface area contributed by atoms with Gasteiger partial charge in [-0.15, -0.1) is 11.3 Å². The summed E-state index contributed by atoms with van der Waals surface area (Å²) in [5.41, 5.74) is 0.299. The molecule has 1 heterocycles. The topological polar surface area (TPSA) is 17.1 Å². The van der Waals surface area contributed by atoms with Gasteiger partial charge < -0.3 is 0 Å². The highest BCUT2D eigenvalue weighted by Crippen LogP contribution is 2.48. The van der Waals surface area contributed by atoms with E-state index >= 15 is 0 Å². The Morgan fingerprint density at radius 2 is 2.31 bits per heavy atom. The molecule has 70 valence electrons. The molecule has 0 radical (unpaired) electrons. The van der Waals surface area contributed by atoms with Crippen LogP contribution in [0.2, 0.25) is 4.34 Å². The van der Waals surface area contributed by atoms with Crippen LogP contribution in [0.5, 0.6) is 0 Å². The molecule has 0 saturated heterocycles. The van der Waals surface area contributed by atoms with Crippen molar-refractivity contribution in [3.8, 4) is 0 Å². The summed E-state index contributed by atoms with van der Waals surface area (Å²) in [5.74, 6) is 0.247. The molecular weight excluding hydrogens is 204 g/mol. The third kappa shape index (κ3) is 2.12. The summed E-state index contributed by atoms with van der Waals surface area (Å²) in [6.07, 6.45) is 3.07. The van der Waals surface area contributed by atoms with Gasteiger partial charge in [0.1, 0.15) is 0 Å². The second kappa shape index (κ2) is 3.10. The Morgan fingerprint density at radius 3 is 2.77 bits per heavy atom. The number of hydrogen-bond donors (Lipinski definition) is 0. The van der Waals surface area contributed by atoms with Gasteiger partial charge in [0.15, 0.2) is 5.78 Å². The molecule has 0 amide bonds. The van der Waals surface area contributed by atoms with Crippen molar-refractivity contribution in [2.24, 2.45) is 5.41 Å². The molecule has 0 bridgehead atoms. The summed E-state index contributed by atoms with van der Waals surface area (Å²) < 4.78 is 0.698. The van der Waals surface area contributed by atoms with E-state index in [-0.39, 0.29) is 5.78 Å². The second-order valence-electron chi connectivity index (χ2n) is 4.01. The van der Waals surface area contributed by atoms with Gasteiger partial charge in [0.25, 0.3) is 0 Å². The van der Waals surface area contributed by atoms with Crippen molar-refractivity contribution in [2.75, 3.05) is 0 Å². The highest BCUT2D eigenvalue weighted by molar-refractivity contribution is 7.18. The summed E-state index contributed by atoms with van der Waals surface area (Å²) in [5, 5.41) is 0. The summed E-state index contributed by atoms with van der Waals surface area (Å²) in [6.45, 7) is 2.17. The Hall–Kier alpha value is -0.340. The first-order valence-corrected chi connectivity index (χ1v) is 5.57. The van der Waals surface area contributed by atoms with E-state index in [2.05, 4.69) is 6.92 Å². The minimum atomic E-state index is 0.247. The van der Waals surface area contributed by atoms with Gasteiger partial charge in [-0.2, -0.15) is 0 Å². The quantitative estimate of drug-likeness (QED) is 0.700. The van der Waals surface area contributed by atoms with Gasteiger partial charge in [-0.1, -0.05) is 18.5 Å². The number of Topliss-reactive ketones (excluding diaryl/α,β-unsaturated/α-hetero) is 1. The molecule has 0 spiro atoms. The number of carbonyl (C=O) groups is 1.